The molecule has 0 aliphatic rings. The van der Waals surface area contributed by atoms with Crippen LogP contribution in [0.25, 0.3) is 77.3 Å². The van der Waals surface area contributed by atoms with Gasteiger partial charge in [-0.2, -0.15) is 0 Å². The molecule has 0 bridgehead atoms. The lowest BCUT2D eigenvalue weighted by atomic mass is 9.95. The van der Waals surface area contributed by atoms with Crippen molar-refractivity contribution in [1.82, 2.24) is 9.97 Å². The number of benzene rings is 9. The first-order valence-electron chi connectivity index (χ1n) is 18.9. The first kappa shape index (κ1) is 34.0. The lowest BCUT2D eigenvalue weighted by Gasteiger charge is -2.26. The zero-order valence-electron chi connectivity index (χ0n) is 30.7. The zero-order chi connectivity index (χ0) is 38.3. The maximum Gasteiger partial charge on any atom is 0.123 e. The molecular formula is C52H33F2N3. The van der Waals surface area contributed by atoms with Crippen molar-refractivity contribution in [3.63, 3.8) is 0 Å². The Balaban J connectivity index is 1.07. The number of fused-ring (bicyclic) bond motifs is 5. The van der Waals surface area contributed by atoms with E-state index in [0.29, 0.717) is 0 Å². The summed E-state index contributed by atoms with van der Waals surface area (Å²) in [6.07, 6.45) is 0. The molecule has 0 unspecified atom stereocenters. The second-order valence-electron chi connectivity index (χ2n) is 14.1. The molecule has 3 nitrogen and oxygen atoms in total. The van der Waals surface area contributed by atoms with Crippen molar-refractivity contribution < 1.29 is 8.78 Å². The third-order valence-electron chi connectivity index (χ3n) is 10.6. The van der Waals surface area contributed by atoms with Gasteiger partial charge in [-0.05, 0) is 111 Å². The molecule has 10 rings (SSSR count). The Kier molecular flexibility index (Phi) is 8.53. The molecule has 0 aliphatic carbocycles. The van der Waals surface area contributed by atoms with Gasteiger partial charge in [0.25, 0.3) is 0 Å². The molecule has 1 aromatic heterocycles. The number of aromatic nitrogens is 2. The Labute approximate surface area is 328 Å². The molecule has 0 atom stereocenters. The standard InChI is InChI=1S/C52H33F2N3/c53-42-22-15-34(16-23-42)35-17-26-44(27-18-35)57(46-30-24-43(54)25-31-46)45-28-19-36(20-29-45)41-14-12-37-11-13-38-21-32-48-52(49(38)47(37)33-41)56-51(40-9-5-2-6-10-40)50(55-48)39-7-3-1-4-8-39/h1-33H. The number of nitrogens with zero attached hydrogens (tertiary/aromatic N) is 3. The first-order valence-corrected chi connectivity index (χ1v) is 18.9. The minimum atomic E-state index is -0.295. The predicted molar refractivity (Wildman–Crippen MR) is 231 cm³/mol. The topological polar surface area (TPSA) is 29.0 Å². The van der Waals surface area contributed by atoms with Gasteiger partial charge >= 0.3 is 0 Å². The van der Waals surface area contributed by atoms with Crippen LogP contribution in [0, 0.1) is 11.6 Å². The number of halogens is 2. The molecule has 1 heterocycles. The van der Waals surface area contributed by atoms with Crippen molar-refractivity contribution in [2.45, 2.75) is 0 Å². The van der Waals surface area contributed by atoms with Crippen molar-refractivity contribution in [1.29, 1.82) is 0 Å². The molecule has 0 N–H and O–H groups in total. The summed E-state index contributed by atoms with van der Waals surface area (Å²) < 4.78 is 27.7. The summed E-state index contributed by atoms with van der Waals surface area (Å²) in [5, 5.41) is 4.40. The van der Waals surface area contributed by atoms with Crippen LogP contribution in [0.3, 0.4) is 0 Å². The molecule has 0 amide bonds. The maximum atomic E-state index is 14.1. The SMILES string of the molecule is Fc1ccc(-c2ccc(N(c3ccc(F)cc3)c3ccc(-c4ccc5ccc6ccc7nc(-c8ccccc8)c(-c8ccccc8)nc7c6c5c4)cc3)cc2)cc1. The van der Waals surface area contributed by atoms with Crippen molar-refractivity contribution in [2.75, 3.05) is 4.90 Å². The van der Waals surface area contributed by atoms with Crippen molar-refractivity contribution >= 4 is 49.6 Å². The van der Waals surface area contributed by atoms with Crippen molar-refractivity contribution in [3.8, 4) is 44.8 Å². The summed E-state index contributed by atoms with van der Waals surface area (Å²) in [4.78, 5) is 12.8. The van der Waals surface area contributed by atoms with E-state index in [1.165, 1.54) is 24.3 Å². The summed E-state index contributed by atoms with van der Waals surface area (Å²) in [5.74, 6) is -0.563. The van der Waals surface area contributed by atoms with Gasteiger partial charge in [-0.25, -0.2) is 18.7 Å². The van der Waals surface area contributed by atoms with Crippen LogP contribution in [0.5, 0.6) is 0 Å². The highest BCUT2D eigenvalue weighted by Gasteiger charge is 2.17. The predicted octanol–water partition coefficient (Wildman–Crippen LogP) is 14.4. The van der Waals surface area contributed by atoms with Crippen LogP contribution in [0.2, 0.25) is 0 Å². The van der Waals surface area contributed by atoms with Gasteiger partial charge in [-0.3, -0.25) is 0 Å². The van der Waals surface area contributed by atoms with Crippen molar-refractivity contribution in [2.24, 2.45) is 0 Å². The first-order chi connectivity index (χ1) is 28.1. The van der Waals surface area contributed by atoms with E-state index in [9.17, 15) is 8.78 Å². The molecule has 0 saturated heterocycles. The Hall–Kier alpha value is -7.50. The van der Waals surface area contributed by atoms with Crippen LogP contribution < -0.4 is 4.90 Å². The van der Waals surface area contributed by atoms with Gasteiger partial charge < -0.3 is 4.90 Å². The van der Waals surface area contributed by atoms with E-state index in [4.69, 9.17) is 9.97 Å². The lowest BCUT2D eigenvalue weighted by Crippen LogP contribution is -2.09. The molecule has 270 valence electrons. The fourth-order valence-electron chi connectivity index (χ4n) is 7.72. The molecule has 0 radical (unpaired) electrons. The van der Waals surface area contributed by atoms with E-state index in [-0.39, 0.29) is 11.6 Å². The van der Waals surface area contributed by atoms with E-state index in [2.05, 4.69) is 95.9 Å². The Bertz CT molecular complexity index is 3040. The molecule has 9 aromatic carbocycles. The van der Waals surface area contributed by atoms with Crippen molar-refractivity contribution in [3.05, 3.63) is 212 Å². The quantitative estimate of drug-likeness (QED) is 0.153. The second kappa shape index (κ2) is 14.3. The number of rotatable bonds is 7. The van der Waals surface area contributed by atoms with Crippen LogP contribution in [-0.4, -0.2) is 9.97 Å². The highest BCUT2D eigenvalue weighted by Crippen LogP contribution is 2.40. The minimum Gasteiger partial charge on any atom is -0.311 e. The smallest absolute Gasteiger partial charge is 0.123 e. The minimum absolute atomic E-state index is 0.267. The highest BCUT2D eigenvalue weighted by molar-refractivity contribution is 6.19. The number of anilines is 3. The maximum absolute atomic E-state index is 14.1. The molecule has 0 spiro atoms. The van der Waals surface area contributed by atoms with Crippen LogP contribution in [0.15, 0.2) is 200 Å². The molecule has 5 heteroatoms. The van der Waals surface area contributed by atoms with E-state index in [1.807, 2.05) is 60.7 Å². The average Bonchev–Trinajstić information content (AvgIpc) is 3.27. The molecular weight excluding hydrogens is 705 g/mol. The van der Waals surface area contributed by atoms with Gasteiger partial charge in [0.2, 0.25) is 0 Å². The fourth-order valence-corrected chi connectivity index (χ4v) is 7.72. The summed E-state index contributed by atoms with van der Waals surface area (Å²) in [6.45, 7) is 0. The largest absolute Gasteiger partial charge is 0.311 e. The number of hydrogen-bond acceptors (Lipinski definition) is 3. The van der Waals surface area contributed by atoms with Crippen LogP contribution in [0.1, 0.15) is 0 Å². The molecule has 0 aliphatic heterocycles. The normalized spacial score (nSPS) is 11.3. The molecule has 0 saturated carbocycles. The van der Waals surface area contributed by atoms with E-state index < -0.39 is 0 Å². The van der Waals surface area contributed by atoms with Crippen LogP contribution in [-0.2, 0) is 0 Å². The Morgan fingerprint density at radius 3 is 1.35 bits per heavy atom. The van der Waals surface area contributed by atoms with Gasteiger partial charge in [0.15, 0.2) is 0 Å². The number of hydrogen-bond donors (Lipinski definition) is 0. The third kappa shape index (κ3) is 6.45. The monoisotopic (exact) mass is 737 g/mol. The Morgan fingerprint density at radius 1 is 0.351 bits per heavy atom. The summed E-state index contributed by atoms with van der Waals surface area (Å²) in [6, 6.07) is 65.2. The third-order valence-corrected chi connectivity index (χ3v) is 10.6. The van der Waals surface area contributed by atoms with E-state index in [0.717, 1.165) is 94.4 Å². The second-order valence-corrected chi connectivity index (χ2v) is 14.1. The van der Waals surface area contributed by atoms with Gasteiger partial charge in [0.1, 0.15) is 11.6 Å². The van der Waals surface area contributed by atoms with Gasteiger partial charge in [-0.1, -0.05) is 127 Å². The van der Waals surface area contributed by atoms with E-state index >= 15 is 0 Å². The highest BCUT2D eigenvalue weighted by atomic mass is 19.1. The van der Waals surface area contributed by atoms with Crippen LogP contribution >= 0.6 is 0 Å². The summed E-state index contributed by atoms with van der Waals surface area (Å²) in [5.41, 5.74) is 12.2. The molecule has 57 heavy (non-hydrogen) atoms. The zero-order valence-corrected chi connectivity index (χ0v) is 30.7. The fraction of sp³-hybridized carbons (Fsp3) is 0. The summed E-state index contributed by atoms with van der Waals surface area (Å²) >= 11 is 0. The van der Waals surface area contributed by atoms with Gasteiger partial charge in [0, 0.05) is 33.6 Å². The van der Waals surface area contributed by atoms with Gasteiger partial charge in [-0.15, -0.1) is 0 Å². The average molecular weight is 738 g/mol. The Morgan fingerprint density at radius 2 is 0.772 bits per heavy atom. The lowest BCUT2D eigenvalue weighted by molar-refractivity contribution is 0.627. The van der Waals surface area contributed by atoms with Crippen LogP contribution in [0.4, 0.5) is 25.8 Å². The molecule has 10 aromatic rings. The van der Waals surface area contributed by atoms with E-state index in [1.54, 1.807) is 24.3 Å². The summed E-state index contributed by atoms with van der Waals surface area (Å²) in [7, 11) is 0. The van der Waals surface area contributed by atoms with Gasteiger partial charge in [0.05, 0.1) is 22.4 Å². The molecule has 0 fully saturated rings.